The Morgan fingerprint density at radius 3 is 2.82 bits per heavy atom. The first-order valence-electron chi connectivity index (χ1n) is 8.85. The molecule has 0 spiro atoms. The van der Waals surface area contributed by atoms with Crippen molar-refractivity contribution in [3.63, 3.8) is 0 Å². The molecule has 142 valence electrons. The lowest BCUT2D eigenvalue weighted by Gasteiger charge is -2.20. The summed E-state index contributed by atoms with van der Waals surface area (Å²) in [6.07, 6.45) is 7.00. The summed E-state index contributed by atoms with van der Waals surface area (Å²) >= 11 is 12.6. The molecule has 0 bridgehead atoms. The van der Waals surface area contributed by atoms with Gasteiger partial charge in [-0.1, -0.05) is 47.5 Å². The molecule has 28 heavy (non-hydrogen) atoms. The van der Waals surface area contributed by atoms with E-state index in [0.29, 0.717) is 16.6 Å². The van der Waals surface area contributed by atoms with Crippen molar-refractivity contribution in [2.75, 3.05) is 6.54 Å². The zero-order valence-corrected chi connectivity index (χ0v) is 16.4. The quantitative estimate of drug-likeness (QED) is 0.485. The van der Waals surface area contributed by atoms with Crippen molar-refractivity contribution in [1.82, 2.24) is 19.9 Å². The molecule has 0 unspecified atom stereocenters. The van der Waals surface area contributed by atoms with Gasteiger partial charge in [-0.25, -0.2) is 4.98 Å². The average Bonchev–Trinajstić information content (AvgIpc) is 3.33. The van der Waals surface area contributed by atoms with Gasteiger partial charge in [0.05, 0.1) is 6.33 Å². The summed E-state index contributed by atoms with van der Waals surface area (Å²) in [5, 5.41) is 5.28. The number of imidazole rings is 1. The Hall–Kier alpha value is -2.76. The molecule has 1 amide bonds. The van der Waals surface area contributed by atoms with Crippen molar-refractivity contribution in [1.29, 1.82) is 0 Å². The van der Waals surface area contributed by atoms with Gasteiger partial charge in [0.1, 0.15) is 6.54 Å². The molecule has 1 atom stereocenters. The van der Waals surface area contributed by atoms with Crippen LogP contribution in [0.2, 0.25) is 10.0 Å². The van der Waals surface area contributed by atoms with Crippen molar-refractivity contribution >= 4 is 40.0 Å². The van der Waals surface area contributed by atoms with Crippen LogP contribution in [0.15, 0.2) is 67.4 Å². The number of benzene rings is 2. The SMILES string of the molecule is O=C(Cn1ccnc1)NC[C@@H](c1ccc(Cl)cc1Cl)c1c[nH]c2ccccc12. The second-order valence-corrected chi connectivity index (χ2v) is 7.39. The minimum Gasteiger partial charge on any atom is -0.361 e. The lowest BCUT2D eigenvalue weighted by atomic mass is 9.90. The third kappa shape index (κ3) is 3.91. The molecule has 2 N–H and O–H groups in total. The summed E-state index contributed by atoms with van der Waals surface area (Å²) in [5.41, 5.74) is 3.03. The number of carbonyl (C=O) groups excluding carboxylic acids is 1. The first kappa shape index (κ1) is 18.6. The van der Waals surface area contributed by atoms with E-state index in [-0.39, 0.29) is 18.4 Å². The summed E-state index contributed by atoms with van der Waals surface area (Å²) < 4.78 is 1.73. The van der Waals surface area contributed by atoms with Gasteiger partial charge < -0.3 is 14.9 Å². The standard InChI is InChI=1S/C21H18Cl2N4O/c22-14-5-6-15(19(23)9-14)17(11-26-21(28)12-27-8-7-24-13-27)18-10-25-20-4-2-1-3-16(18)20/h1-10,13,17,25H,11-12H2,(H,26,28)/t17-/m0/s1. The summed E-state index contributed by atoms with van der Waals surface area (Å²) in [7, 11) is 0. The Bertz CT molecular complexity index is 1100. The Morgan fingerprint density at radius 2 is 2.04 bits per heavy atom. The second kappa shape index (κ2) is 8.09. The molecule has 0 saturated heterocycles. The fourth-order valence-corrected chi connectivity index (χ4v) is 3.91. The van der Waals surface area contributed by atoms with Crippen LogP contribution in [-0.2, 0) is 11.3 Å². The number of H-pyrrole nitrogens is 1. The highest BCUT2D eigenvalue weighted by Gasteiger charge is 2.21. The van der Waals surface area contributed by atoms with Crippen LogP contribution in [0, 0.1) is 0 Å². The maximum atomic E-state index is 12.4. The van der Waals surface area contributed by atoms with E-state index in [4.69, 9.17) is 23.2 Å². The Kier molecular flexibility index (Phi) is 5.37. The Morgan fingerprint density at radius 1 is 1.18 bits per heavy atom. The average molecular weight is 413 g/mol. The number of nitrogens with one attached hydrogen (secondary N) is 2. The van der Waals surface area contributed by atoms with E-state index in [0.717, 1.165) is 22.0 Å². The normalized spacial score (nSPS) is 12.2. The van der Waals surface area contributed by atoms with Gasteiger partial charge in [0.2, 0.25) is 5.91 Å². The van der Waals surface area contributed by atoms with E-state index in [2.05, 4.69) is 21.4 Å². The van der Waals surface area contributed by atoms with Gasteiger partial charge in [-0.15, -0.1) is 0 Å². The van der Waals surface area contributed by atoms with Crippen molar-refractivity contribution in [2.24, 2.45) is 0 Å². The molecule has 7 heteroatoms. The van der Waals surface area contributed by atoms with E-state index >= 15 is 0 Å². The van der Waals surface area contributed by atoms with Gasteiger partial charge in [0.15, 0.2) is 0 Å². The number of aromatic amines is 1. The number of fused-ring (bicyclic) bond motifs is 1. The van der Waals surface area contributed by atoms with Crippen LogP contribution in [0.5, 0.6) is 0 Å². The molecule has 2 aromatic carbocycles. The number of halogens is 2. The van der Waals surface area contributed by atoms with Gasteiger partial charge >= 0.3 is 0 Å². The van der Waals surface area contributed by atoms with Crippen LogP contribution in [-0.4, -0.2) is 27.0 Å². The lowest BCUT2D eigenvalue weighted by Crippen LogP contribution is -2.31. The van der Waals surface area contributed by atoms with Crippen LogP contribution >= 0.6 is 23.2 Å². The number of amides is 1. The highest BCUT2D eigenvalue weighted by atomic mass is 35.5. The number of aromatic nitrogens is 3. The molecule has 0 radical (unpaired) electrons. The zero-order valence-electron chi connectivity index (χ0n) is 14.9. The highest BCUT2D eigenvalue weighted by Crippen LogP contribution is 2.35. The summed E-state index contributed by atoms with van der Waals surface area (Å²) in [5.74, 6) is -0.208. The molecule has 2 heterocycles. The Balaban J connectivity index is 1.64. The van der Waals surface area contributed by atoms with Gasteiger partial charge in [0.25, 0.3) is 0 Å². The Labute approximate surface area is 172 Å². The third-order valence-electron chi connectivity index (χ3n) is 4.72. The highest BCUT2D eigenvalue weighted by molar-refractivity contribution is 6.35. The van der Waals surface area contributed by atoms with Gasteiger partial charge in [-0.2, -0.15) is 0 Å². The predicted octanol–water partition coefficient (Wildman–Crippen LogP) is 4.62. The number of hydrogen-bond donors (Lipinski definition) is 2. The maximum Gasteiger partial charge on any atom is 0.240 e. The summed E-state index contributed by atoms with van der Waals surface area (Å²) in [4.78, 5) is 19.7. The zero-order chi connectivity index (χ0) is 19.5. The minimum atomic E-state index is -0.118. The van der Waals surface area contributed by atoms with Gasteiger partial charge in [-0.05, 0) is 29.3 Å². The molecule has 0 aliphatic rings. The number of hydrogen-bond acceptors (Lipinski definition) is 2. The number of rotatable bonds is 6. The van der Waals surface area contributed by atoms with Crippen LogP contribution in [0.4, 0.5) is 0 Å². The number of carbonyl (C=O) groups is 1. The molecule has 4 rings (SSSR count). The van der Waals surface area contributed by atoms with Crippen LogP contribution < -0.4 is 5.32 Å². The maximum absolute atomic E-state index is 12.4. The van der Waals surface area contributed by atoms with Crippen molar-refractivity contribution in [3.8, 4) is 0 Å². The number of para-hydroxylation sites is 1. The molecule has 0 saturated carbocycles. The van der Waals surface area contributed by atoms with Gasteiger partial charge in [0, 0.05) is 52.0 Å². The first-order chi connectivity index (χ1) is 13.6. The van der Waals surface area contributed by atoms with E-state index in [1.165, 1.54) is 0 Å². The minimum absolute atomic E-state index is 0.0899. The fourth-order valence-electron chi connectivity index (χ4n) is 3.37. The van der Waals surface area contributed by atoms with E-state index in [9.17, 15) is 4.79 Å². The van der Waals surface area contributed by atoms with Crippen molar-refractivity contribution in [3.05, 3.63) is 88.6 Å². The van der Waals surface area contributed by atoms with E-state index < -0.39 is 0 Å². The third-order valence-corrected chi connectivity index (χ3v) is 5.29. The van der Waals surface area contributed by atoms with Crippen LogP contribution in [0.25, 0.3) is 10.9 Å². The van der Waals surface area contributed by atoms with Gasteiger partial charge in [-0.3, -0.25) is 4.79 Å². The van der Waals surface area contributed by atoms with E-state index in [1.807, 2.05) is 36.5 Å². The predicted molar refractivity (Wildman–Crippen MR) is 112 cm³/mol. The molecule has 0 fully saturated rings. The summed E-state index contributed by atoms with van der Waals surface area (Å²) in [6.45, 7) is 0.631. The van der Waals surface area contributed by atoms with Crippen molar-refractivity contribution in [2.45, 2.75) is 12.5 Å². The first-order valence-corrected chi connectivity index (χ1v) is 9.61. The van der Waals surface area contributed by atoms with Crippen LogP contribution in [0.3, 0.4) is 0 Å². The fraction of sp³-hybridized carbons (Fsp3) is 0.143. The second-order valence-electron chi connectivity index (χ2n) is 6.55. The molecule has 2 aromatic heterocycles. The van der Waals surface area contributed by atoms with Crippen molar-refractivity contribution < 1.29 is 4.79 Å². The number of nitrogens with zero attached hydrogens (tertiary/aromatic N) is 2. The topological polar surface area (TPSA) is 62.7 Å². The molecule has 5 nitrogen and oxygen atoms in total. The molecular weight excluding hydrogens is 395 g/mol. The lowest BCUT2D eigenvalue weighted by molar-refractivity contribution is -0.121. The summed E-state index contributed by atoms with van der Waals surface area (Å²) in [6, 6.07) is 13.5. The van der Waals surface area contributed by atoms with Crippen LogP contribution in [0.1, 0.15) is 17.0 Å². The molecule has 4 aromatic rings. The molecule has 0 aliphatic heterocycles. The molecule has 0 aliphatic carbocycles. The smallest absolute Gasteiger partial charge is 0.240 e. The molecular formula is C21H18Cl2N4O. The monoisotopic (exact) mass is 412 g/mol. The van der Waals surface area contributed by atoms with E-state index in [1.54, 1.807) is 29.4 Å². The largest absolute Gasteiger partial charge is 0.361 e.